The molecule has 0 bridgehead atoms. The minimum Gasteiger partial charge on any atom is -0.449 e. The van der Waals surface area contributed by atoms with Crippen LogP contribution in [0.2, 0.25) is 0 Å². The largest absolute Gasteiger partial charge is 0.449 e. The second-order valence-corrected chi connectivity index (χ2v) is 7.28. The quantitative estimate of drug-likeness (QED) is 0.225. The van der Waals surface area contributed by atoms with Crippen molar-refractivity contribution in [2.45, 2.75) is 19.4 Å². The van der Waals surface area contributed by atoms with E-state index in [0.717, 1.165) is 5.52 Å². The van der Waals surface area contributed by atoms with Gasteiger partial charge < -0.3 is 15.0 Å². The Kier molecular flexibility index (Phi) is 6.31. The number of hydrogen-bond donors (Lipinski definition) is 2. The molecule has 4 rings (SSSR count). The summed E-state index contributed by atoms with van der Waals surface area (Å²) in [6.07, 6.45) is -1.58. The van der Waals surface area contributed by atoms with Gasteiger partial charge in [-0.05, 0) is 24.6 Å². The predicted molar refractivity (Wildman–Crippen MR) is 116 cm³/mol. The molecule has 0 radical (unpaired) electrons. The van der Waals surface area contributed by atoms with Crippen molar-refractivity contribution in [3.8, 4) is 11.4 Å². The van der Waals surface area contributed by atoms with Crippen LogP contribution in [0.4, 0.5) is 23.2 Å². The first-order chi connectivity index (χ1) is 16.3. The molecule has 6 nitrogen and oxygen atoms in total. The van der Waals surface area contributed by atoms with Crippen molar-refractivity contribution < 1.29 is 31.9 Å². The van der Waals surface area contributed by atoms with Crippen molar-refractivity contribution in [2.24, 2.45) is 0 Å². The average Bonchev–Trinajstić information content (AvgIpc) is 3.28. The summed E-state index contributed by atoms with van der Waals surface area (Å²) in [7, 11) is 0. The Balaban J connectivity index is 1.58. The summed E-state index contributed by atoms with van der Waals surface area (Å²) in [5, 5.41) is 1.77. The monoisotopic (exact) mass is 471 g/mol. The van der Waals surface area contributed by atoms with Gasteiger partial charge in [0, 0.05) is 11.6 Å². The smallest absolute Gasteiger partial charge is 0.339 e. The van der Waals surface area contributed by atoms with Gasteiger partial charge in [-0.2, -0.15) is 0 Å². The van der Waals surface area contributed by atoms with Crippen molar-refractivity contribution in [3.05, 3.63) is 83.4 Å². The van der Waals surface area contributed by atoms with E-state index < -0.39 is 46.9 Å². The molecule has 0 aliphatic rings. The van der Waals surface area contributed by atoms with Gasteiger partial charge >= 0.3 is 5.97 Å². The zero-order valence-electron chi connectivity index (χ0n) is 17.7. The summed E-state index contributed by atoms with van der Waals surface area (Å²) in [6.45, 7) is 1.49. The molecular formula is C24H17F4N3O3. The number of benzene rings is 3. The summed E-state index contributed by atoms with van der Waals surface area (Å²) in [5.41, 5.74) is 0.612. The number of aromatic amines is 1. The number of carbonyl (C=O) groups is 2. The fourth-order valence-electron chi connectivity index (χ4n) is 3.35. The number of halogens is 4. The van der Waals surface area contributed by atoms with E-state index in [-0.39, 0.29) is 18.1 Å². The molecule has 0 aliphatic carbocycles. The van der Waals surface area contributed by atoms with Crippen LogP contribution in [0, 0.1) is 23.3 Å². The van der Waals surface area contributed by atoms with Gasteiger partial charge in [0.25, 0.3) is 5.91 Å². The molecule has 1 unspecified atom stereocenters. The van der Waals surface area contributed by atoms with Gasteiger partial charge in [-0.3, -0.25) is 4.79 Å². The predicted octanol–water partition coefficient (Wildman–Crippen LogP) is 5.36. The van der Waals surface area contributed by atoms with Gasteiger partial charge in [-0.1, -0.05) is 37.3 Å². The number of carbonyl (C=O) groups excluding carboxylic acids is 2. The molecule has 10 heteroatoms. The molecule has 2 N–H and O–H groups in total. The lowest BCUT2D eigenvalue weighted by Gasteiger charge is -2.17. The first-order valence-corrected chi connectivity index (χ1v) is 10.2. The molecule has 34 heavy (non-hydrogen) atoms. The number of imidazole rings is 1. The van der Waals surface area contributed by atoms with Crippen LogP contribution in [0.15, 0.2) is 54.6 Å². The molecule has 0 aliphatic heterocycles. The number of fused-ring (bicyclic) bond motifs is 1. The molecule has 0 saturated carbocycles. The number of ether oxygens (including phenoxy) is 1. The second kappa shape index (κ2) is 9.34. The van der Waals surface area contributed by atoms with E-state index in [0.29, 0.717) is 16.9 Å². The molecule has 0 spiro atoms. The molecule has 174 valence electrons. The van der Waals surface area contributed by atoms with Crippen LogP contribution in [0.5, 0.6) is 0 Å². The van der Waals surface area contributed by atoms with Crippen molar-refractivity contribution in [3.63, 3.8) is 0 Å². The van der Waals surface area contributed by atoms with Crippen LogP contribution in [-0.2, 0) is 9.53 Å². The zero-order chi connectivity index (χ0) is 24.4. The number of amides is 1. The van der Waals surface area contributed by atoms with Gasteiger partial charge in [0.15, 0.2) is 29.4 Å². The fourth-order valence-corrected chi connectivity index (χ4v) is 3.35. The average molecular weight is 471 g/mol. The molecular weight excluding hydrogens is 454 g/mol. The molecule has 0 fully saturated rings. The second-order valence-electron chi connectivity index (χ2n) is 7.28. The molecule has 1 atom stereocenters. The number of H-pyrrole nitrogens is 1. The summed E-state index contributed by atoms with van der Waals surface area (Å²) < 4.78 is 60.0. The number of nitrogens with one attached hydrogen (secondary N) is 2. The molecule has 1 heterocycles. The normalized spacial score (nSPS) is 11.9. The standard InChI is InChI=1S/C24H17F4N3O3/c1-2-18(23(32)31-21-19(27)14(25)11-15(26)20(21)28)34-24(33)13-8-4-3-7-12(13)22-29-16-9-5-6-10-17(16)30-22/h3-11,18H,2H2,1H3,(H,29,30)(H,31,32). The van der Waals surface area contributed by atoms with Crippen LogP contribution in [-0.4, -0.2) is 27.9 Å². The Bertz CT molecular complexity index is 1340. The third kappa shape index (κ3) is 4.34. The van der Waals surface area contributed by atoms with Gasteiger partial charge in [-0.15, -0.1) is 0 Å². The zero-order valence-corrected chi connectivity index (χ0v) is 17.7. The van der Waals surface area contributed by atoms with Gasteiger partial charge in [-0.25, -0.2) is 27.3 Å². The summed E-state index contributed by atoms with van der Waals surface area (Å²) in [6, 6.07) is 13.6. The molecule has 0 saturated heterocycles. The van der Waals surface area contributed by atoms with Crippen LogP contribution >= 0.6 is 0 Å². The highest BCUT2D eigenvalue weighted by atomic mass is 19.2. The number of anilines is 1. The van der Waals surface area contributed by atoms with Crippen LogP contribution in [0.1, 0.15) is 23.7 Å². The maximum absolute atomic E-state index is 13.9. The van der Waals surface area contributed by atoms with Crippen LogP contribution in [0.25, 0.3) is 22.4 Å². The van der Waals surface area contributed by atoms with Crippen molar-refractivity contribution in [1.29, 1.82) is 0 Å². The van der Waals surface area contributed by atoms with Crippen molar-refractivity contribution in [1.82, 2.24) is 9.97 Å². The number of aromatic nitrogens is 2. The first kappa shape index (κ1) is 23.0. The minimum atomic E-state index is -1.77. The molecule has 4 aromatic rings. The highest BCUT2D eigenvalue weighted by Gasteiger charge is 2.28. The van der Waals surface area contributed by atoms with Crippen molar-refractivity contribution in [2.75, 3.05) is 5.32 Å². The lowest BCUT2D eigenvalue weighted by atomic mass is 10.1. The van der Waals surface area contributed by atoms with E-state index in [1.165, 1.54) is 13.0 Å². The van der Waals surface area contributed by atoms with E-state index in [2.05, 4.69) is 9.97 Å². The van der Waals surface area contributed by atoms with Gasteiger partial charge in [0.2, 0.25) is 0 Å². The Morgan fingerprint density at radius 2 is 1.65 bits per heavy atom. The summed E-state index contributed by atoms with van der Waals surface area (Å²) >= 11 is 0. The molecule has 1 amide bonds. The van der Waals surface area contributed by atoms with Crippen LogP contribution < -0.4 is 5.32 Å². The summed E-state index contributed by atoms with van der Waals surface area (Å²) in [5.74, 6) is -8.57. The van der Waals surface area contributed by atoms with E-state index >= 15 is 0 Å². The lowest BCUT2D eigenvalue weighted by Crippen LogP contribution is -2.33. The Morgan fingerprint density at radius 1 is 1.00 bits per heavy atom. The van der Waals surface area contributed by atoms with Gasteiger partial charge in [0.1, 0.15) is 11.5 Å². The van der Waals surface area contributed by atoms with E-state index in [9.17, 15) is 27.2 Å². The van der Waals surface area contributed by atoms with Gasteiger partial charge in [0.05, 0.1) is 16.6 Å². The van der Waals surface area contributed by atoms with Crippen molar-refractivity contribution >= 4 is 28.6 Å². The van der Waals surface area contributed by atoms with E-state index in [1.807, 2.05) is 18.2 Å². The Morgan fingerprint density at radius 3 is 2.32 bits per heavy atom. The highest BCUT2D eigenvalue weighted by molar-refractivity contribution is 6.00. The number of hydrogen-bond acceptors (Lipinski definition) is 4. The van der Waals surface area contributed by atoms with Crippen LogP contribution in [0.3, 0.4) is 0 Å². The number of esters is 1. The molecule has 3 aromatic carbocycles. The molecule has 1 aromatic heterocycles. The first-order valence-electron chi connectivity index (χ1n) is 10.2. The maximum Gasteiger partial charge on any atom is 0.339 e. The highest BCUT2D eigenvalue weighted by Crippen LogP contribution is 2.27. The lowest BCUT2D eigenvalue weighted by molar-refractivity contribution is -0.124. The Hall–Kier alpha value is -4.21. The number of para-hydroxylation sites is 2. The van der Waals surface area contributed by atoms with E-state index in [4.69, 9.17) is 4.74 Å². The SMILES string of the molecule is CCC(OC(=O)c1ccccc1-c1nc2ccccc2[nH]1)C(=O)Nc1c(F)c(F)cc(F)c1F. The fraction of sp³-hybridized carbons (Fsp3) is 0.125. The van der Waals surface area contributed by atoms with E-state index in [1.54, 1.807) is 29.6 Å². The minimum absolute atomic E-state index is 0.0205. The number of rotatable bonds is 6. The topological polar surface area (TPSA) is 84.1 Å². The third-order valence-electron chi connectivity index (χ3n) is 5.06. The number of nitrogens with zero attached hydrogens (tertiary/aromatic N) is 1. The third-order valence-corrected chi connectivity index (χ3v) is 5.06. The maximum atomic E-state index is 13.9. The summed E-state index contributed by atoms with van der Waals surface area (Å²) in [4.78, 5) is 33.0. The Labute approximate surface area is 190 Å².